The molecule has 0 aromatic heterocycles. The normalized spacial score (nSPS) is 12.2. The number of hydrogen-bond acceptors (Lipinski definition) is 3. The molecule has 7 heteroatoms. The molecule has 0 saturated heterocycles. The van der Waals surface area contributed by atoms with Crippen molar-refractivity contribution in [1.82, 2.24) is 10.0 Å². The fraction of sp³-hybridized carbons (Fsp3) is 0.357. The highest BCUT2D eigenvalue weighted by Crippen LogP contribution is 2.14. The second-order valence-corrected chi connectivity index (χ2v) is 6.37. The van der Waals surface area contributed by atoms with Crippen LogP contribution in [0.15, 0.2) is 30.3 Å². The summed E-state index contributed by atoms with van der Waals surface area (Å²) >= 11 is 0. The van der Waals surface area contributed by atoms with Gasteiger partial charge >= 0.3 is 0 Å². The number of benzene rings is 1. The smallest absolute Gasteiger partial charge is 0.244 e. The van der Waals surface area contributed by atoms with Gasteiger partial charge in [-0.05, 0) is 30.2 Å². The van der Waals surface area contributed by atoms with E-state index in [0.717, 1.165) is 0 Å². The summed E-state index contributed by atoms with van der Waals surface area (Å²) in [7, 11) is -3.35. The number of amides is 1. The highest BCUT2D eigenvalue weighted by molar-refractivity contribution is 7.89. The maximum atomic E-state index is 13.1. The molecule has 0 radical (unpaired) electrons. The second kappa shape index (κ2) is 7.90. The Labute approximate surface area is 124 Å². The molecule has 0 aliphatic carbocycles. The minimum absolute atomic E-state index is 0.0150. The minimum Gasteiger partial charge on any atom is -0.351 e. The van der Waals surface area contributed by atoms with Crippen LogP contribution < -0.4 is 10.0 Å². The van der Waals surface area contributed by atoms with E-state index >= 15 is 0 Å². The zero-order valence-electron chi connectivity index (χ0n) is 12.0. The average Bonchev–Trinajstić information content (AvgIpc) is 2.38. The fourth-order valence-corrected chi connectivity index (χ4v) is 2.62. The van der Waals surface area contributed by atoms with Crippen LogP contribution >= 0.6 is 0 Å². The van der Waals surface area contributed by atoms with Gasteiger partial charge in [-0.15, -0.1) is 0 Å². The summed E-state index contributed by atoms with van der Waals surface area (Å²) in [6, 6.07) is 5.90. The summed E-state index contributed by atoms with van der Waals surface area (Å²) in [6.45, 7) is 3.70. The van der Waals surface area contributed by atoms with Crippen molar-refractivity contribution in [3.05, 3.63) is 41.7 Å². The van der Waals surface area contributed by atoms with Gasteiger partial charge in [-0.1, -0.05) is 19.1 Å². The third-order valence-electron chi connectivity index (χ3n) is 2.66. The number of carbonyl (C=O) groups excluding carboxylic acids is 1. The van der Waals surface area contributed by atoms with Gasteiger partial charge in [0.05, 0.1) is 5.75 Å². The molecule has 1 rings (SSSR count). The Morgan fingerprint density at radius 1 is 1.38 bits per heavy atom. The second-order valence-electron chi connectivity index (χ2n) is 4.45. The van der Waals surface area contributed by atoms with Crippen molar-refractivity contribution in [2.24, 2.45) is 0 Å². The minimum atomic E-state index is -3.35. The lowest BCUT2D eigenvalue weighted by atomic mass is 10.1. The Bertz CT molecular complexity index is 627. The van der Waals surface area contributed by atoms with Gasteiger partial charge in [-0.3, -0.25) is 4.79 Å². The van der Waals surface area contributed by atoms with E-state index in [9.17, 15) is 17.6 Å². The van der Waals surface area contributed by atoms with Crippen molar-refractivity contribution >= 4 is 21.5 Å². The Morgan fingerprint density at radius 3 is 2.71 bits per heavy atom. The van der Waals surface area contributed by atoms with Crippen LogP contribution in [0, 0.1) is 5.82 Å². The van der Waals surface area contributed by atoms with Crippen molar-refractivity contribution in [3.8, 4) is 0 Å². The van der Waals surface area contributed by atoms with Crippen LogP contribution in [0.1, 0.15) is 19.4 Å². The monoisotopic (exact) mass is 314 g/mol. The van der Waals surface area contributed by atoms with Gasteiger partial charge in [0, 0.05) is 19.2 Å². The first-order chi connectivity index (χ1) is 9.84. The molecular formula is C14H19FN2O3S. The number of carbonyl (C=O) groups is 1. The molecule has 116 valence electrons. The summed E-state index contributed by atoms with van der Waals surface area (Å²) in [4.78, 5) is 11.7. The first kappa shape index (κ1) is 17.3. The number of allylic oxidation sites excluding steroid dienone is 1. The molecule has 0 saturated carbocycles. The molecule has 0 spiro atoms. The zero-order valence-corrected chi connectivity index (χ0v) is 12.8. The summed E-state index contributed by atoms with van der Waals surface area (Å²) in [5.41, 5.74) is 1.20. The number of rotatable bonds is 7. The highest BCUT2D eigenvalue weighted by Gasteiger charge is 2.08. The van der Waals surface area contributed by atoms with Gasteiger partial charge in [0.25, 0.3) is 0 Å². The van der Waals surface area contributed by atoms with Crippen molar-refractivity contribution in [1.29, 1.82) is 0 Å². The van der Waals surface area contributed by atoms with Crippen LogP contribution in [0.2, 0.25) is 0 Å². The third-order valence-corrected chi connectivity index (χ3v) is 4.13. The predicted molar refractivity (Wildman–Crippen MR) is 80.5 cm³/mol. The largest absolute Gasteiger partial charge is 0.351 e. The Morgan fingerprint density at radius 2 is 2.10 bits per heavy atom. The third kappa shape index (κ3) is 6.50. The highest BCUT2D eigenvalue weighted by atomic mass is 32.2. The summed E-state index contributed by atoms with van der Waals surface area (Å²) in [5.74, 6) is -0.972. The Kier molecular flexibility index (Phi) is 6.51. The van der Waals surface area contributed by atoms with Crippen molar-refractivity contribution in [2.75, 3.05) is 18.8 Å². The molecule has 1 aromatic carbocycles. The van der Waals surface area contributed by atoms with Gasteiger partial charge in [-0.2, -0.15) is 0 Å². The van der Waals surface area contributed by atoms with Crippen LogP contribution in [0.3, 0.4) is 0 Å². The number of halogens is 1. The first-order valence-electron chi connectivity index (χ1n) is 6.53. The fourth-order valence-electron chi connectivity index (χ4n) is 1.67. The SMILES string of the molecule is CCNS(=O)(=O)CCNC(=O)C=C(C)c1cccc(F)c1. The van der Waals surface area contributed by atoms with Crippen LogP contribution in [0.5, 0.6) is 0 Å². The van der Waals surface area contributed by atoms with E-state index < -0.39 is 15.9 Å². The van der Waals surface area contributed by atoms with E-state index in [1.165, 1.54) is 18.2 Å². The maximum absolute atomic E-state index is 13.1. The van der Waals surface area contributed by atoms with Crippen molar-refractivity contribution < 1.29 is 17.6 Å². The van der Waals surface area contributed by atoms with E-state index in [0.29, 0.717) is 17.7 Å². The Hall–Kier alpha value is -1.73. The van der Waals surface area contributed by atoms with Crippen LogP contribution in [-0.4, -0.2) is 33.2 Å². The van der Waals surface area contributed by atoms with Crippen LogP contribution in [-0.2, 0) is 14.8 Å². The van der Waals surface area contributed by atoms with E-state index in [-0.39, 0.29) is 18.1 Å². The molecule has 5 nitrogen and oxygen atoms in total. The average molecular weight is 314 g/mol. The van der Waals surface area contributed by atoms with Crippen LogP contribution in [0.4, 0.5) is 4.39 Å². The molecular weight excluding hydrogens is 295 g/mol. The van der Waals surface area contributed by atoms with Gasteiger partial charge in [0.1, 0.15) is 5.82 Å². The summed E-state index contributed by atoms with van der Waals surface area (Å²) in [6.07, 6.45) is 1.31. The summed E-state index contributed by atoms with van der Waals surface area (Å²) < 4.78 is 38.1. The number of nitrogens with one attached hydrogen (secondary N) is 2. The van der Waals surface area contributed by atoms with E-state index in [1.54, 1.807) is 26.0 Å². The molecule has 0 aliphatic rings. The molecule has 1 aromatic rings. The molecule has 0 atom stereocenters. The molecule has 0 bridgehead atoms. The zero-order chi connectivity index (χ0) is 15.9. The van der Waals surface area contributed by atoms with E-state index in [4.69, 9.17) is 0 Å². The summed E-state index contributed by atoms with van der Waals surface area (Å²) in [5, 5.41) is 2.48. The standard InChI is InChI=1S/C14H19FN2O3S/c1-3-17-21(19,20)8-7-16-14(18)9-11(2)12-5-4-6-13(15)10-12/h4-6,9-10,17H,3,7-8H2,1-2H3,(H,16,18). The van der Waals surface area contributed by atoms with Crippen molar-refractivity contribution in [2.45, 2.75) is 13.8 Å². The molecule has 0 unspecified atom stereocenters. The molecule has 0 aliphatic heterocycles. The molecule has 0 fully saturated rings. The lowest BCUT2D eigenvalue weighted by molar-refractivity contribution is -0.116. The Balaban J connectivity index is 2.55. The molecule has 0 heterocycles. The van der Waals surface area contributed by atoms with Gasteiger partial charge in [-0.25, -0.2) is 17.5 Å². The van der Waals surface area contributed by atoms with Gasteiger partial charge in [0.15, 0.2) is 0 Å². The lowest BCUT2D eigenvalue weighted by Crippen LogP contribution is -2.33. The van der Waals surface area contributed by atoms with Gasteiger partial charge < -0.3 is 5.32 Å². The maximum Gasteiger partial charge on any atom is 0.244 e. The van der Waals surface area contributed by atoms with E-state index in [2.05, 4.69) is 10.0 Å². The topological polar surface area (TPSA) is 75.3 Å². The molecule has 2 N–H and O–H groups in total. The lowest BCUT2D eigenvalue weighted by Gasteiger charge is -2.06. The molecule has 1 amide bonds. The van der Waals surface area contributed by atoms with E-state index in [1.807, 2.05) is 0 Å². The molecule has 21 heavy (non-hydrogen) atoms. The van der Waals surface area contributed by atoms with Crippen molar-refractivity contribution in [3.63, 3.8) is 0 Å². The van der Waals surface area contributed by atoms with Gasteiger partial charge in [0.2, 0.25) is 15.9 Å². The number of hydrogen-bond donors (Lipinski definition) is 2. The predicted octanol–water partition coefficient (Wildman–Crippen LogP) is 1.28. The number of sulfonamides is 1. The first-order valence-corrected chi connectivity index (χ1v) is 8.18. The quantitative estimate of drug-likeness (QED) is 0.745. The van der Waals surface area contributed by atoms with Crippen LogP contribution in [0.25, 0.3) is 5.57 Å².